The Morgan fingerprint density at radius 2 is 0.971 bits per heavy atom. The molecule has 0 saturated heterocycles. The van der Waals surface area contributed by atoms with Gasteiger partial charge in [0, 0.05) is 52.7 Å². The Labute approximate surface area is 209 Å². The molecule has 0 fully saturated rings. The maximum Gasteiger partial charge on any atom is 0.0706 e. The lowest BCUT2D eigenvalue weighted by Gasteiger charge is -2.17. The first-order valence-electron chi connectivity index (χ1n) is 12.4. The molecule has 4 aromatic heterocycles. The van der Waals surface area contributed by atoms with Gasteiger partial charge >= 0.3 is 0 Å². The van der Waals surface area contributed by atoms with E-state index in [2.05, 4.69) is 100 Å². The maximum absolute atomic E-state index is 4.95. The van der Waals surface area contributed by atoms with E-state index in [9.17, 15) is 0 Å². The van der Waals surface area contributed by atoms with Crippen molar-refractivity contribution in [3.8, 4) is 22.5 Å². The zero-order chi connectivity index (χ0) is 25.1. The number of rotatable bonds is 6. The van der Waals surface area contributed by atoms with E-state index in [1.54, 1.807) is 0 Å². The second-order valence-corrected chi connectivity index (χ2v) is 11.8. The Morgan fingerprint density at radius 3 is 1.37 bits per heavy atom. The van der Waals surface area contributed by atoms with Gasteiger partial charge in [0.05, 0.1) is 11.4 Å². The molecule has 0 spiro atoms. The fourth-order valence-corrected chi connectivity index (χ4v) is 4.22. The number of nitrogens with zero attached hydrogens (tertiary/aromatic N) is 4. The van der Waals surface area contributed by atoms with Gasteiger partial charge in [-0.05, 0) is 72.2 Å². The molecule has 0 aromatic carbocycles. The minimum absolute atomic E-state index is 0.194. The summed E-state index contributed by atoms with van der Waals surface area (Å²) < 4.78 is 0. The number of hydrogen-bond donors (Lipinski definition) is 0. The van der Waals surface area contributed by atoms with Crippen molar-refractivity contribution in [3.63, 3.8) is 0 Å². The van der Waals surface area contributed by atoms with Crippen LogP contribution in [0, 0.1) is 10.8 Å². The van der Waals surface area contributed by atoms with E-state index in [0.717, 1.165) is 58.1 Å². The van der Waals surface area contributed by atoms with E-state index >= 15 is 0 Å². The molecule has 0 bridgehead atoms. The minimum atomic E-state index is 0.194. The summed E-state index contributed by atoms with van der Waals surface area (Å²) in [5.41, 5.74) is 8.74. The summed E-state index contributed by atoms with van der Waals surface area (Å²) in [5.74, 6) is 0. The van der Waals surface area contributed by atoms with Crippen molar-refractivity contribution >= 4 is 0 Å². The van der Waals surface area contributed by atoms with E-state index < -0.39 is 0 Å². The highest BCUT2D eigenvalue weighted by Crippen LogP contribution is 2.25. The topological polar surface area (TPSA) is 51.6 Å². The lowest BCUT2D eigenvalue weighted by molar-refractivity contribution is 0.406. The highest BCUT2D eigenvalue weighted by Gasteiger charge is 2.14. The summed E-state index contributed by atoms with van der Waals surface area (Å²) >= 11 is 0. The van der Waals surface area contributed by atoms with Gasteiger partial charge in [-0.1, -0.05) is 53.7 Å². The smallest absolute Gasteiger partial charge is 0.0706 e. The fourth-order valence-electron chi connectivity index (χ4n) is 4.22. The van der Waals surface area contributed by atoms with Crippen LogP contribution in [0.25, 0.3) is 22.5 Å². The first kappa shape index (κ1) is 24.7. The van der Waals surface area contributed by atoms with Crippen LogP contribution in [0.3, 0.4) is 0 Å². The summed E-state index contributed by atoms with van der Waals surface area (Å²) in [6.45, 7) is 13.4. The van der Waals surface area contributed by atoms with Gasteiger partial charge in [0.2, 0.25) is 0 Å². The van der Waals surface area contributed by atoms with Crippen LogP contribution in [0.4, 0.5) is 0 Å². The van der Waals surface area contributed by atoms with E-state index in [0.29, 0.717) is 6.42 Å². The average molecular weight is 465 g/mol. The number of aromatic nitrogens is 4. The third-order valence-electron chi connectivity index (χ3n) is 5.62. The third-order valence-corrected chi connectivity index (χ3v) is 5.62. The molecule has 0 radical (unpaired) electrons. The van der Waals surface area contributed by atoms with Crippen LogP contribution < -0.4 is 0 Å². The molecular weight excluding hydrogens is 428 g/mol. The predicted octanol–water partition coefficient (Wildman–Crippen LogP) is 7.37. The van der Waals surface area contributed by atoms with E-state index in [1.807, 2.05) is 24.5 Å². The summed E-state index contributed by atoms with van der Waals surface area (Å²) in [7, 11) is 0. The molecule has 0 aliphatic carbocycles. The van der Waals surface area contributed by atoms with E-state index in [-0.39, 0.29) is 10.8 Å². The molecule has 4 heteroatoms. The third kappa shape index (κ3) is 7.29. The molecule has 4 aromatic rings. The van der Waals surface area contributed by atoms with E-state index in [1.165, 1.54) is 0 Å². The lowest BCUT2D eigenvalue weighted by Crippen LogP contribution is -2.10. The Bertz CT molecular complexity index is 1190. The molecule has 0 amide bonds. The second kappa shape index (κ2) is 10.1. The first-order valence-corrected chi connectivity index (χ1v) is 12.4. The van der Waals surface area contributed by atoms with Crippen molar-refractivity contribution in [2.75, 3.05) is 0 Å². The summed E-state index contributed by atoms with van der Waals surface area (Å²) in [4.78, 5) is 19.0. The first-order chi connectivity index (χ1) is 16.5. The van der Waals surface area contributed by atoms with Crippen molar-refractivity contribution in [3.05, 3.63) is 95.8 Å². The minimum Gasteiger partial charge on any atom is -0.261 e. The Hall–Kier alpha value is -3.40. The monoisotopic (exact) mass is 464 g/mol. The Balaban J connectivity index is 1.55. The molecule has 0 saturated carbocycles. The maximum atomic E-state index is 4.95. The van der Waals surface area contributed by atoms with Crippen LogP contribution in [0.5, 0.6) is 0 Å². The van der Waals surface area contributed by atoms with Crippen LogP contribution in [0.1, 0.15) is 64.3 Å². The summed E-state index contributed by atoms with van der Waals surface area (Å²) in [6.07, 6.45) is 6.33. The van der Waals surface area contributed by atoms with Crippen molar-refractivity contribution < 1.29 is 0 Å². The molecule has 0 atom stereocenters. The molecule has 0 unspecified atom stereocenters. The molecule has 180 valence electrons. The zero-order valence-corrected chi connectivity index (χ0v) is 21.8. The molecule has 0 N–H and O–H groups in total. The van der Waals surface area contributed by atoms with Gasteiger partial charge in [-0.2, -0.15) is 0 Å². The van der Waals surface area contributed by atoms with Gasteiger partial charge in [-0.3, -0.25) is 19.9 Å². The molecule has 4 heterocycles. The molecule has 0 aliphatic heterocycles. The van der Waals surface area contributed by atoms with Gasteiger partial charge in [0.25, 0.3) is 0 Å². The molecule has 35 heavy (non-hydrogen) atoms. The van der Waals surface area contributed by atoms with Crippen molar-refractivity contribution in [2.24, 2.45) is 10.8 Å². The van der Waals surface area contributed by atoms with Crippen LogP contribution in [-0.4, -0.2) is 19.9 Å². The van der Waals surface area contributed by atoms with Gasteiger partial charge in [-0.25, -0.2) is 0 Å². The predicted molar refractivity (Wildman–Crippen MR) is 144 cm³/mol. The summed E-state index contributed by atoms with van der Waals surface area (Å²) in [5, 5.41) is 0. The lowest BCUT2D eigenvalue weighted by atomic mass is 9.90. The van der Waals surface area contributed by atoms with Crippen molar-refractivity contribution in [1.29, 1.82) is 0 Å². The van der Waals surface area contributed by atoms with Crippen LogP contribution in [-0.2, 0) is 19.3 Å². The fraction of sp³-hybridized carbons (Fsp3) is 0.355. The molecule has 0 aliphatic rings. The quantitative estimate of drug-likeness (QED) is 0.299. The van der Waals surface area contributed by atoms with E-state index in [4.69, 9.17) is 9.97 Å². The van der Waals surface area contributed by atoms with Crippen molar-refractivity contribution in [2.45, 2.75) is 60.8 Å². The van der Waals surface area contributed by atoms with Crippen LogP contribution in [0.15, 0.2) is 73.1 Å². The molecular formula is C31H36N4. The normalized spacial score (nSPS) is 12.1. The van der Waals surface area contributed by atoms with Gasteiger partial charge in [-0.15, -0.1) is 0 Å². The molecule has 4 rings (SSSR count). The average Bonchev–Trinajstić information content (AvgIpc) is 2.78. The van der Waals surface area contributed by atoms with Crippen LogP contribution in [0.2, 0.25) is 0 Å². The standard InChI is InChI=1S/C31H36N4/c1-30(2,3)20-26-17-22(13-15-32-26)28-11-7-9-24(34-28)19-25-10-8-12-29(35-25)23-14-16-33-27(18-23)21-31(4,5)6/h7-18H,19-21H2,1-6H3. The van der Waals surface area contributed by atoms with Crippen molar-refractivity contribution in [1.82, 2.24) is 19.9 Å². The Kier molecular flexibility index (Phi) is 7.11. The van der Waals surface area contributed by atoms with Gasteiger partial charge < -0.3 is 0 Å². The number of pyridine rings is 4. The van der Waals surface area contributed by atoms with Gasteiger partial charge in [0.1, 0.15) is 0 Å². The Morgan fingerprint density at radius 1 is 0.543 bits per heavy atom. The van der Waals surface area contributed by atoms with Crippen LogP contribution >= 0.6 is 0 Å². The zero-order valence-electron chi connectivity index (χ0n) is 21.8. The molecule has 4 nitrogen and oxygen atoms in total. The van der Waals surface area contributed by atoms with Gasteiger partial charge in [0.15, 0.2) is 0 Å². The summed E-state index contributed by atoms with van der Waals surface area (Å²) in [6, 6.07) is 20.8. The second-order valence-electron chi connectivity index (χ2n) is 11.8. The number of hydrogen-bond acceptors (Lipinski definition) is 4. The highest BCUT2D eigenvalue weighted by atomic mass is 14.8. The highest BCUT2D eigenvalue weighted by molar-refractivity contribution is 5.60. The SMILES string of the molecule is CC(C)(C)Cc1cc(-c2cccc(Cc3cccc(-c4ccnc(CC(C)(C)C)c4)n3)n2)ccn1. The largest absolute Gasteiger partial charge is 0.261 e.